The smallest absolute Gasteiger partial charge is 0.309 e. The lowest BCUT2D eigenvalue weighted by molar-refractivity contribution is -0.139. The predicted octanol–water partition coefficient (Wildman–Crippen LogP) is 0.961. The Bertz CT molecular complexity index is 537. The fourth-order valence-electron chi connectivity index (χ4n) is 2.70. The Morgan fingerprint density at radius 3 is 2.35 bits per heavy atom. The van der Waals surface area contributed by atoms with E-state index in [1.807, 2.05) is 43.3 Å². The van der Waals surface area contributed by atoms with E-state index in [2.05, 4.69) is 10.6 Å². The zero-order valence-corrected chi connectivity index (χ0v) is 13.7. The lowest BCUT2D eigenvalue weighted by atomic mass is 10.1. The molecule has 1 fully saturated rings. The van der Waals surface area contributed by atoms with E-state index in [-0.39, 0.29) is 12.6 Å². The van der Waals surface area contributed by atoms with Gasteiger partial charge in [0.15, 0.2) is 0 Å². The number of anilines is 1. The molecule has 1 aliphatic rings. The van der Waals surface area contributed by atoms with E-state index < -0.39 is 17.9 Å². The second kappa shape index (κ2) is 7.97. The van der Waals surface area contributed by atoms with Crippen LogP contribution in [0.15, 0.2) is 24.3 Å². The number of carbonyl (C=O) groups excluding carboxylic acids is 2. The number of hydrogen-bond donors (Lipinski definition) is 3. The Hall–Kier alpha value is -2.08. The molecule has 0 heterocycles. The van der Waals surface area contributed by atoms with Gasteiger partial charge in [-0.25, -0.2) is 0 Å². The van der Waals surface area contributed by atoms with Crippen LogP contribution < -0.4 is 15.5 Å². The molecule has 6 heteroatoms. The summed E-state index contributed by atoms with van der Waals surface area (Å²) in [5.41, 5.74) is 1.73. The van der Waals surface area contributed by atoms with Crippen LogP contribution in [0.1, 0.15) is 37.4 Å². The second-order valence-corrected chi connectivity index (χ2v) is 6.17. The molecular weight excluding hydrogens is 294 g/mol. The Kier molecular flexibility index (Phi) is 5.98. The summed E-state index contributed by atoms with van der Waals surface area (Å²) in [5.74, 6) is -1.31. The summed E-state index contributed by atoms with van der Waals surface area (Å²) in [4.78, 5) is 25.5. The van der Waals surface area contributed by atoms with E-state index >= 15 is 0 Å². The van der Waals surface area contributed by atoms with Crippen LogP contribution in [0.4, 0.5) is 5.69 Å². The van der Waals surface area contributed by atoms with Crippen LogP contribution in [0.3, 0.4) is 0 Å². The molecule has 0 aromatic heterocycles. The molecule has 1 saturated carbocycles. The zero-order valence-electron chi connectivity index (χ0n) is 13.7. The molecule has 0 spiro atoms. The number of hydrogen-bond acceptors (Lipinski definition) is 4. The number of nitrogens with zero attached hydrogens (tertiary/aromatic N) is 1. The molecule has 6 nitrogen and oxygen atoms in total. The highest BCUT2D eigenvalue weighted by Gasteiger charge is 2.21. The van der Waals surface area contributed by atoms with Gasteiger partial charge in [0.25, 0.3) is 0 Å². The number of aliphatic hydroxyl groups is 1. The van der Waals surface area contributed by atoms with Crippen LogP contribution in [-0.2, 0) is 9.59 Å². The first-order valence-electron chi connectivity index (χ1n) is 8.01. The Morgan fingerprint density at radius 2 is 1.78 bits per heavy atom. The SMILES string of the molecule is CN(C)c1ccc(C(O)CNC(=O)C(=O)NC2CCCC2)cc1. The van der Waals surface area contributed by atoms with Gasteiger partial charge in [-0.2, -0.15) is 0 Å². The highest BCUT2D eigenvalue weighted by atomic mass is 16.3. The highest BCUT2D eigenvalue weighted by molar-refractivity contribution is 6.35. The summed E-state index contributed by atoms with van der Waals surface area (Å²) in [7, 11) is 3.88. The monoisotopic (exact) mass is 319 g/mol. The summed E-state index contributed by atoms with van der Waals surface area (Å²) in [6.45, 7) is 0.0121. The Balaban J connectivity index is 1.79. The molecule has 2 rings (SSSR count). The first kappa shape index (κ1) is 17.3. The van der Waals surface area contributed by atoms with Crippen molar-refractivity contribution in [1.82, 2.24) is 10.6 Å². The van der Waals surface area contributed by atoms with Gasteiger partial charge in [0.2, 0.25) is 0 Å². The van der Waals surface area contributed by atoms with Gasteiger partial charge in [-0.05, 0) is 30.5 Å². The van der Waals surface area contributed by atoms with Gasteiger partial charge in [-0.15, -0.1) is 0 Å². The third-order valence-electron chi connectivity index (χ3n) is 4.15. The molecular formula is C17H25N3O3. The highest BCUT2D eigenvalue weighted by Crippen LogP contribution is 2.18. The maximum Gasteiger partial charge on any atom is 0.309 e. The lowest BCUT2D eigenvalue weighted by Gasteiger charge is -2.16. The molecule has 1 aromatic carbocycles. The summed E-state index contributed by atoms with van der Waals surface area (Å²) in [6, 6.07) is 7.52. The van der Waals surface area contributed by atoms with E-state index in [0.717, 1.165) is 31.4 Å². The number of carbonyl (C=O) groups is 2. The van der Waals surface area contributed by atoms with E-state index in [0.29, 0.717) is 5.56 Å². The normalized spacial score (nSPS) is 16.0. The fourth-order valence-corrected chi connectivity index (χ4v) is 2.70. The van der Waals surface area contributed by atoms with Crippen LogP contribution in [0.2, 0.25) is 0 Å². The van der Waals surface area contributed by atoms with Crippen molar-refractivity contribution in [3.8, 4) is 0 Å². The maximum absolute atomic E-state index is 11.8. The molecule has 2 amide bonds. The Morgan fingerprint density at radius 1 is 1.17 bits per heavy atom. The first-order valence-corrected chi connectivity index (χ1v) is 8.01. The molecule has 3 N–H and O–H groups in total. The van der Waals surface area contributed by atoms with E-state index in [9.17, 15) is 14.7 Å². The van der Waals surface area contributed by atoms with Gasteiger partial charge in [-0.1, -0.05) is 25.0 Å². The minimum Gasteiger partial charge on any atom is -0.387 e. The van der Waals surface area contributed by atoms with Crippen molar-refractivity contribution in [3.05, 3.63) is 29.8 Å². The second-order valence-electron chi connectivity index (χ2n) is 6.17. The summed E-state index contributed by atoms with van der Waals surface area (Å²) in [6.07, 6.45) is 3.21. The van der Waals surface area contributed by atoms with Crippen molar-refractivity contribution in [2.24, 2.45) is 0 Å². The Labute approximate surface area is 136 Å². The zero-order chi connectivity index (χ0) is 16.8. The van der Waals surface area contributed by atoms with Gasteiger partial charge in [0, 0.05) is 32.4 Å². The van der Waals surface area contributed by atoms with Gasteiger partial charge < -0.3 is 20.6 Å². The van der Waals surface area contributed by atoms with Crippen molar-refractivity contribution < 1.29 is 14.7 Å². The summed E-state index contributed by atoms with van der Waals surface area (Å²) in [5, 5.41) is 15.3. The van der Waals surface area contributed by atoms with E-state index in [1.165, 1.54) is 0 Å². The summed E-state index contributed by atoms with van der Waals surface area (Å²) >= 11 is 0. The van der Waals surface area contributed by atoms with Gasteiger partial charge in [0.05, 0.1) is 6.10 Å². The van der Waals surface area contributed by atoms with Gasteiger partial charge in [-0.3, -0.25) is 9.59 Å². The minimum atomic E-state index is -0.838. The van der Waals surface area contributed by atoms with Crippen LogP contribution in [0, 0.1) is 0 Å². The number of rotatable bonds is 5. The van der Waals surface area contributed by atoms with Crippen molar-refractivity contribution in [3.63, 3.8) is 0 Å². The third kappa shape index (κ3) is 4.96. The predicted molar refractivity (Wildman–Crippen MR) is 89.1 cm³/mol. The number of aliphatic hydroxyl groups excluding tert-OH is 1. The molecule has 0 saturated heterocycles. The molecule has 1 aromatic rings. The number of nitrogens with one attached hydrogen (secondary N) is 2. The largest absolute Gasteiger partial charge is 0.387 e. The molecule has 0 bridgehead atoms. The molecule has 1 unspecified atom stereocenters. The van der Waals surface area contributed by atoms with Crippen LogP contribution in [0.5, 0.6) is 0 Å². The van der Waals surface area contributed by atoms with Gasteiger partial charge >= 0.3 is 11.8 Å². The molecule has 1 aliphatic carbocycles. The molecule has 126 valence electrons. The van der Waals surface area contributed by atoms with Crippen molar-refractivity contribution in [1.29, 1.82) is 0 Å². The number of benzene rings is 1. The minimum absolute atomic E-state index is 0.0121. The molecule has 0 aliphatic heterocycles. The van der Waals surface area contributed by atoms with E-state index in [4.69, 9.17) is 0 Å². The molecule has 23 heavy (non-hydrogen) atoms. The quantitative estimate of drug-likeness (QED) is 0.706. The van der Waals surface area contributed by atoms with Crippen molar-refractivity contribution in [2.75, 3.05) is 25.5 Å². The average Bonchev–Trinajstić information content (AvgIpc) is 3.05. The lowest BCUT2D eigenvalue weighted by Crippen LogP contribution is -2.44. The molecule has 1 atom stereocenters. The number of amides is 2. The maximum atomic E-state index is 11.8. The van der Waals surface area contributed by atoms with Crippen LogP contribution >= 0.6 is 0 Å². The standard InChI is InChI=1S/C17H25N3O3/c1-20(2)14-9-7-12(8-10-14)15(21)11-18-16(22)17(23)19-13-5-3-4-6-13/h7-10,13,15,21H,3-6,11H2,1-2H3,(H,18,22)(H,19,23). The van der Waals surface area contributed by atoms with E-state index in [1.54, 1.807) is 0 Å². The first-order chi connectivity index (χ1) is 11.0. The van der Waals surface area contributed by atoms with Crippen molar-refractivity contribution >= 4 is 17.5 Å². The molecule has 0 radical (unpaired) electrons. The van der Waals surface area contributed by atoms with Crippen LogP contribution in [-0.4, -0.2) is 43.6 Å². The van der Waals surface area contributed by atoms with Gasteiger partial charge in [0.1, 0.15) is 0 Å². The summed E-state index contributed by atoms with van der Waals surface area (Å²) < 4.78 is 0. The third-order valence-corrected chi connectivity index (χ3v) is 4.15. The van der Waals surface area contributed by atoms with Crippen molar-refractivity contribution in [2.45, 2.75) is 37.8 Å². The van der Waals surface area contributed by atoms with Crippen LogP contribution in [0.25, 0.3) is 0 Å². The average molecular weight is 319 g/mol. The topological polar surface area (TPSA) is 81.7 Å². The fraction of sp³-hybridized carbons (Fsp3) is 0.529.